The Kier molecular flexibility index (Phi) is 21.1. The van der Waals surface area contributed by atoms with Crippen LogP contribution >= 0.6 is 15.9 Å². The largest absolute Gasteiger partial charge is 0.481 e. The Morgan fingerprint density at radius 1 is 0.494 bits per heavy atom. The fraction of sp³-hybridized carbons (Fsp3) is 0.176. The molecule has 6 heterocycles. The number of nitrogens with two attached hydrogens (primary N) is 1. The number of nitro groups is 1. The number of carbonyl (C=O) groups excluding carboxylic acids is 1. The van der Waals surface area contributed by atoms with Crippen LogP contribution in [0.2, 0.25) is 0 Å². The van der Waals surface area contributed by atoms with Crippen molar-refractivity contribution in [1.29, 1.82) is 0 Å². The van der Waals surface area contributed by atoms with Crippen LogP contribution in [0.3, 0.4) is 0 Å². The number of non-ortho nitro benzene ring substituents is 1. The molecule has 0 bridgehead atoms. The SMILES string of the molecule is CCOC(=O)C(C)c1cccc2cnc(C)cc12.Cc1cc2c(Br)cccc2cn1.Cc1cc2c(C(C)C(=O)O)cccc2cn1.Cc1cc2c(N)cccc2cn1.Cc1cc2c([N+](=O)[O-])cccc2cn1.Cc1cc2ccccc2cn1. The summed E-state index contributed by atoms with van der Waals surface area (Å²) in [6.45, 7) is 17.5. The van der Waals surface area contributed by atoms with Crippen molar-refractivity contribution < 1.29 is 24.4 Å². The number of pyridine rings is 6. The van der Waals surface area contributed by atoms with Gasteiger partial charge < -0.3 is 15.6 Å². The van der Waals surface area contributed by atoms with Crippen LogP contribution in [0.5, 0.6) is 0 Å². The molecule has 0 radical (unpaired) electrons. The Hall–Kier alpha value is -9.60. The zero-order valence-corrected chi connectivity index (χ0v) is 49.4. The van der Waals surface area contributed by atoms with E-state index in [0.29, 0.717) is 12.0 Å². The van der Waals surface area contributed by atoms with Crippen LogP contribution in [-0.2, 0) is 14.3 Å². The van der Waals surface area contributed by atoms with Crippen LogP contribution in [0, 0.1) is 51.7 Å². The number of nitrogen functional groups attached to an aromatic ring is 1. The summed E-state index contributed by atoms with van der Waals surface area (Å²) in [5.41, 5.74) is 14.3. The molecular formula is C68H65BrN8O6. The van der Waals surface area contributed by atoms with E-state index in [1.165, 1.54) is 27.6 Å². The standard InChI is InChI=1S/C15H17NO2.C13H13NO2.C10H8BrN.C10H8N2O2.C10H10N2.C10H9N/c1-4-18-15(17)11(3)13-7-5-6-12-9-16-10(2)8-14(12)13;1-8-6-12-10(7-14-8)4-3-5-11(12)9(2)13(15)16;1-7-5-9-8(6-12-7)3-2-4-10(9)11;1-7-5-9-8(6-11-7)3-2-4-10(9)12(13)14;1-7-5-9-8(6-12-7)3-2-4-10(9)11;1-8-6-9-4-2-3-5-10(9)7-11-8/h5-9,11H,4H2,1-3H3;3-7,9H,1-2H3,(H,15,16);2-6H,1H3;2-6H,1H3;2-6H,11H2,1H3;2-7H,1H3. The number of carboxylic acids is 1. The van der Waals surface area contributed by atoms with Crippen LogP contribution < -0.4 is 5.73 Å². The van der Waals surface area contributed by atoms with Crippen molar-refractivity contribution in [2.45, 2.75) is 74.1 Å². The zero-order chi connectivity index (χ0) is 59.7. The van der Waals surface area contributed by atoms with E-state index in [-0.39, 0.29) is 22.5 Å². The van der Waals surface area contributed by atoms with Crippen LogP contribution in [0.1, 0.15) is 77.9 Å². The molecule has 0 aliphatic rings. The lowest BCUT2D eigenvalue weighted by atomic mass is 9.95. The highest BCUT2D eigenvalue weighted by molar-refractivity contribution is 9.10. The molecule has 0 aliphatic carbocycles. The molecule has 0 saturated heterocycles. The molecule has 2 unspecified atom stereocenters. The van der Waals surface area contributed by atoms with Gasteiger partial charge in [-0.3, -0.25) is 49.6 Å². The normalized spacial score (nSPS) is 11.3. The van der Waals surface area contributed by atoms with Gasteiger partial charge in [-0.15, -0.1) is 0 Å². The number of nitrogens with zero attached hydrogens (tertiary/aromatic N) is 7. The third-order valence-electron chi connectivity index (χ3n) is 13.4. The minimum Gasteiger partial charge on any atom is -0.481 e. The predicted molar refractivity (Wildman–Crippen MR) is 339 cm³/mol. The second-order valence-electron chi connectivity index (χ2n) is 19.8. The maximum atomic E-state index is 11.8. The van der Waals surface area contributed by atoms with Gasteiger partial charge in [-0.1, -0.05) is 113 Å². The first kappa shape index (κ1) is 61.0. The smallest absolute Gasteiger partial charge is 0.313 e. The van der Waals surface area contributed by atoms with Gasteiger partial charge in [0.2, 0.25) is 0 Å². The van der Waals surface area contributed by atoms with Crippen LogP contribution in [-0.4, -0.2) is 58.5 Å². The average molecular weight is 1170 g/mol. The molecule has 0 aliphatic heterocycles. The van der Waals surface area contributed by atoms with Crippen molar-refractivity contribution in [2.24, 2.45) is 0 Å². The quantitative estimate of drug-likeness (QED) is 0.0688. The number of fused-ring (bicyclic) bond motifs is 6. The summed E-state index contributed by atoms with van der Waals surface area (Å²) >= 11 is 3.50. The summed E-state index contributed by atoms with van der Waals surface area (Å²) in [6, 6.07) is 48.7. The van der Waals surface area contributed by atoms with E-state index in [4.69, 9.17) is 15.6 Å². The van der Waals surface area contributed by atoms with E-state index in [2.05, 4.69) is 76.2 Å². The summed E-state index contributed by atoms with van der Waals surface area (Å²) in [4.78, 5) is 58.4. The molecule has 420 valence electrons. The number of carboxylic acid groups (broad SMARTS) is 1. The van der Waals surface area contributed by atoms with Crippen LogP contribution in [0.25, 0.3) is 64.6 Å². The Balaban J connectivity index is 0.000000144. The Morgan fingerprint density at radius 2 is 0.855 bits per heavy atom. The number of aromatic nitrogens is 6. The highest BCUT2D eigenvalue weighted by atomic mass is 79.9. The number of esters is 1. The summed E-state index contributed by atoms with van der Waals surface area (Å²) in [5, 5.41) is 32.3. The number of rotatable bonds is 6. The van der Waals surface area contributed by atoms with Crippen molar-refractivity contribution in [3.8, 4) is 0 Å². The minimum absolute atomic E-state index is 0.132. The first-order chi connectivity index (χ1) is 39.8. The Bertz CT molecular complexity index is 4190. The van der Waals surface area contributed by atoms with Crippen molar-refractivity contribution in [1.82, 2.24) is 29.9 Å². The molecular weight excluding hydrogens is 1100 g/mol. The summed E-state index contributed by atoms with van der Waals surface area (Å²) in [7, 11) is 0. The van der Waals surface area contributed by atoms with Crippen LogP contribution in [0.4, 0.5) is 11.4 Å². The minimum atomic E-state index is -0.804. The topological polar surface area (TPSA) is 210 Å². The number of carbonyl (C=O) groups is 2. The average Bonchev–Trinajstić information content (AvgIpc) is 3.55. The van der Waals surface area contributed by atoms with Gasteiger partial charge in [0.15, 0.2) is 0 Å². The van der Waals surface area contributed by atoms with Gasteiger partial charge >= 0.3 is 11.9 Å². The first-order valence-electron chi connectivity index (χ1n) is 26.8. The molecule has 0 amide bonds. The molecule has 0 spiro atoms. The number of ether oxygens (including phenoxy) is 1. The van der Waals surface area contributed by atoms with Gasteiger partial charge in [-0.05, 0) is 144 Å². The predicted octanol–water partition coefficient (Wildman–Crippen LogP) is 16.4. The lowest BCUT2D eigenvalue weighted by Gasteiger charge is -2.13. The highest BCUT2D eigenvalue weighted by Crippen LogP contribution is 2.29. The van der Waals surface area contributed by atoms with E-state index in [9.17, 15) is 19.7 Å². The van der Waals surface area contributed by atoms with Crippen molar-refractivity contribution in [2.75, 3.05) is 12.3 Å². The first-order valence-corrected chi connectivity index (χ1v) is 27.6. The molecule has 3 N–H and O–H groups in total. The molecule has 12 rings (SSSR count). The number of aliphatic carboxylic acids is 1. The molecule has 15 heteroatoms. The monoisotopic (exact) mass is 1170 g/mol. The van der Waals surface area contributed by atoms with Crippen molar-refractivity contribution in [3.05, 3.63) is 249 Å². The van der Waals surface area contributed by atoms with Gasteiger partial charge in [-0.25, -0.2) is 0 Å². The van der Waals surface area contributed by atoms with E-state index in [1.54, 1.807) is 31.5 Å². The van der Waals surface area contributed by atoms with E-state index < -0.39 is 11.9 Å². The van der Waals surface area contributed by atoms with Gasteiger partial charge in [-0.2, -0.15) is 0 Å². The van der Waals surface area contributed by atoms with Gasteiger partial charge in [0.25, 0.3) is 5.69 Å². The lowest BCUT2D eigenvalue weighted by molar-refractivity contribution is -0.383. The fourth-order valence-corrected chi connectivity index (χ4v) is 9.52. The second kappa shape index (κ2) is 28.7. The molecule has 0 saturated carbocycles. The molecule has 14 nitrogen and oxygen atoms in total. The number of hydrogen-bond acceptors (Lipinski definition) is 12. The number of halogens is 1. The molecule has 0 fully saturated rings. The maximum Gasteiger partial charge on any atom is 0.313 e. The molecule has 83 heavy (non-hydrogen) atoms. The highest BCUT2D eigenvalue weighted by Gasteiger charge is 2.19. The Morgan fingerprint density at radius 3 is 1.35 bits per heavy atom. The molecule has 12 aromatic rings. The third-order valence-corrected chi connectivity index (χ3v) is 14.1. The van der Waals surface area contributed by atoms with E-state index in [0.717, 1.165) is 93.2 Å². The fourth-order valence-electron chi connectivity index (χ4n) is 9.02. The number of nitro benzene ring substituents is 1. The molecule has 2 atom stereocenters. The Labute approximate surface area is 490 Å². The number of aryl methyl sites for hydroxylation is 6. The van der Waals surface area contributed by atoms with E-state index >= 15 is 0 Å². The molecule has 6 aromatic heterocycles. The van der Waals surface area contributed by atoms with Gasteiger partial charge in [0, 0.05) is 125 Å². The number of benzene rings is 6. The third kappa shape index (κ3) is 16.3. The van der Waals surface area contributed by atoms with Crippen molar-refractivity contribution in [3.63, 3.8) is 0 Å². The zero-order valence-electron chi connectivity index (χ0n) is 47.8. The number of hydrogen-bond donors (Lipinski definition) is 2. The summed E-state index contributed by atoms with van der Waals surface area (Å²) in [6.07, 6.45) is 10.9. The summed E-state index contributed by atoms with van der Waals surface area (Å²) < 4.78 is 6.21. The number of anilines is 1. The lowest BCUT2D eigenvalue weighted by Crippen LogP contribution is -2.13. The van der Waals surface area contributed by atoms with E-state index in [1.807, 2.05) is 183 Å². The second-order valence-corrected chi connectivity index (χ2v) is 20.6. The van der Waals surface area contributed by atoms with Crippen LogP contribution in [0.15, 0.2) is 193 Å². The van der Waals surface area contributed by atoms with Gasteiger partial charge in [0.05, 0.1) is 28.8 Å². The van der Waals surface area contributed by atoms with Gasteiger partial charge in [0.1, 0.15) is 0 Å². The van der Waals surface area contributed by atoms with Crippen molar-refractivity contribution >= 4 is 104 Å². The maximum absolute atomic E-state index is 11.8. The molecule has 6 aromatic carbocycles. The summed E-state index contributed by atoms with van der Waals surface area (Å²) in [5.74, 6) is -1.73.